The Balaban J connectivity index is 1.77. The standard InChI is InChI=1S/C17H25N3O3/c1-3-18-16(21)13-19-8-10-20(11-9-19)17(22)12-14-4-6-15(23-2)7-5-14/h4-7H,3,8-13H2,1-2H3,(H,18,21). The number of nitrogens with zero attached hydrogens (tertiary/aromatic N) is 2. The van der Waals surface area contributed by atoms with Crippen LogP contribution in [0.4, 0.5) is 0 Å². The molecule has 0 atom stereocenters. The van der Waals surface area contributed by atoms with Gasteiger partial charge in [-0.25, -0.2) is 0 Å². The fourth-order valence-electron chi connectivity index (χ4n) is 2.64. The van der Waals surface area contributed by atoms with Crippen LogP contribution in [0.2, 0.25) is 0 Å². The summed E-state index contributed by atoms with van der Waals surface area (Å²) in [5, 5.41) is 2.80. The Hall–Kier alpha value is -2.08. The number of hydrogen-bond donors (Lipinski definition) is 1. The number of carbonyl (C=O) groups is 2. The van der Waals surface area contributed by atoms with Crippen molar-refractivity contribution in [3.05, 3.63) is 29.8 Å². The van der Waals surface area contributed by atoms with E-state index in [1.54, 1.807) is 7.11 Å². The van der Waals surface area contributed by atoms with Crippen LogP contribution in [0.5, 0.6) is 5.75 Å². The summed E-state index contributed by atoms with van der Waals surface area (Å²) in [7, 11) is 1.63. The van der Waals surface area contributed by atoms with Gasteiger partial charge in [-0.1, -0.05) is 12.1 Å². The maximum atomic E-state index is 12.4. The lowest BCUT2D eigenvalue weighted by Gasteiger charge is -2.34. The van der Waals surface area contributed by atoms with Gasteiger partial charge in [0.2, 0.25) is 11.8 Å². The van der Waals surface area contributed by atoms with Crippen LogP contribution in [0.25, 0.3) is 0 Å². The second-order valence-electron chi connectivity index (χ2n) is 5.64. The van der Waals surface area contributed by atoms with Gasteiger partial charge in [-0.2, -0.15) is 0 Å². The molecule has 0 radical (unpaired) electrons. The first-order valence-corrected chi connectivity index (χ1v) is 8.02. The van der Waals surface area contributed by atoms with Crippen LogP contribution in [0.15, 0.2) is 24.3 Å². The summed E-state index contributed by atoms with van der Waals surface area (Å²) in [6, 6.07) is 7.57. The molecule has 1 fully saturated rings. The van der Waals surface area contributed by atoms with Crippen molar-refractivity contribution in [1.82, 2.24) is 15.1 Å². The average Bonchev–Trinajstić information content (AvgIpc) is 2.56. The third kappa shape index (κ3) is 5.25. The quantitative estimate of drug-likeness (QED) is 0.830. The lowest BCUT2D eigenvalue weighted by atomic mass is 10.1. The number of hydrogen-bond acceptors (Lipinski definition) is 4. The lowest BCUT2D eigenvalue weighted by molar-refractivity contribution is -0.132. The SMILES string of the molecule is CCNC(=O)CN1CCN(C(=O)Cc2ccc(OC)cc2)CC1. The molecule has 23 heavy (non-hydrogen) atoms. The van der Waals surface area contributed by atoms with E-state index in [1.807, 2.05) is 36.1 Å². The summed E-state index contributed by atoms with van der Waals surface area (Å²) in [5.74, 6) is 0.971. The molecule has 2 amide bonds. The average molecular weight is 319 g/mol. The van der Waals surface area contributed by atoms with Crippen molar-refractivity contribution >= 4 is 11.8 Å². The Morgan fingerprint density at radius 3 is 2.35 bits per heavy atom. The van der Waals surface area contributed by atoms with E-state index in [-0.39, 0.29) is 11.8 Å². The number of carbonyl (C=O) groups excluding carboxylic acids is 2. The molecule has 6 nitrogen and oxygen atoms in total. The van der Waals surface area contributed by atoms with Gasteiger partial charge in [0.15, 0.2) is 0 Å². The highest BCUT2D eigenvalue weighted by Gasteiger charge is 2.22. The van der Waals surface area contributed by atoms with E-state index in [0.717, 1.165) is 24.4 Å². The molecule has 1 aromatic carbocycles. The van der Waals surface area contributed by atoms with Crippen LogP contribution in [-0.2, 0) is 16.0 Å². The van der Waals surface area contributed by atoms with Gasteiger partial charge in [-0.15, -0.1) is 0 Å². The summed E-state index contributed by atoms with van der Waals surface area (Å²) in [6.45, 7) is 5.81. The summed E-state index contributed by atoms with van der Waals surface area (Å²) in [4.78, 5) is 27.9. The van der Waals surface area contributed by atoms with Gasteiger partial charge in [0, 0.05) is 32.7 Å². The van der Waals surface area contributed by atoms with Gasteiger partial charge >= 0.3 is 0 Å². The molecule has 0 unspecified atom stereocenters. The normalized spacial score (nSPS) is 15.3. The molecule has 0 spiro atoms. The molecule has 1 saturated heterocycles. The molecule has 1 N–H and O–H groups in total. The minimum absolute atomic E-state index is 0.0468. The summed E-state index contributed by atoms with van der Waals surface area (Å²) < 4.78 is 5.12. The first-order valence-electron chi connectivity index (χ1n) is 8.02. The Morgan fingerprint density at radius 1 is 1.13 bits per heavy atom. The maximum Gasteiger partial charge on any atom is 0.234 e. The number of benzene rings is 1. The maximum absolute atomic E-state index is 12.4. The van der Waals surface area contributed by atoms with Crippen molar-refractivity contribution in [2.45, 2.75) is 13.3 Å². The van der Waals surface area contributed by atoms with Crippen LogP contribution in [0.3, 0.4) is 0 Å². The molecule has 1 aliphatic rings. The monoisotopic (exact) mass is 319 g/mol. The molecule has 1 aliphatic heterocycles. The Labute approximate surface area is 137 Å². The van der Waals surface area contributed by atoms with E-state index < -0.39 is 0 Å². The zero-order valence-electron chi connectivity index (χ0n) is 13.9. The van der Waals surface area contributed by atoms with Crippen LogP contribution in [-0.4, -0.2) is 68.0 Å². The highest BCUT2D eigenvalue weighted by Crippen LogP contribution is 2.13. The van der Waals surface area contributed by atoms with Crippen LogP contribution < -0.4 is 10.1 Å². The fourth-order valence-corrected chi connectivity index (χ4v) is 2.64. The predicted octanol–water partition coefficient (Wildman–Crippen LogP) is 0.518. The molecular weight excluding hydrogens is 294 g/mol. The third-order valence-electron chi connectivity index (χ3n) is 3.98. The number of nitrogens with one attached hydrogen (secondary N) is 1. The van der Waals surface area contributed by atoms with Gasteiger partial charge < -0.3 is 15.0 Å². The van der Waals surface area contributed by atoms with E-state index in [1.165, 1.54) is 0 Å². The minimum atomic E-state index is 0.0468. The number of piperazine rings is 1. The van der Waals surface area contributed by atoms with E-state index in [9.17, 15) is 9.59 Å². The molecule has 2 rings (SSSR count). The van der Waals surface area contributed by atoms with Crippen LogP contribution in [0, 0.1) is 0 Å². The van der Waals surface area contributed by atoms with E-state index >= 15 is 0 Å². The van der Waals surface area contributed by atoms with E-state index in [0.29, 0.717) is 32.6 Å². The highest BCUT2D eigenvalue weighted by molar-refractivity contribution is 5.79. The molecule has 1 aromatic rings. The number of rotatable bonds is 6. The third-order valence-corrected chi connectivity index (χ3v) is 3.98. The molecule has 0 aromatic heterocycles. The number of methoxy groups -OCH3 is 1. The zero-order valence-corrected chi connectivity index (χ0v) is 13.9. The van der Waals surface area contributed by atoms with Crippen LogP contribution >= 0.6 is 0 Å². The van der Waals surface area contributed by atoms with Gasteiger partial charge in [0.1, 0.15) is 5.75 Å². The number of amides is 2. The van der Waals surface area contributed by atoms with E-state index in [2.05, 4.69) is 10.2 Å². The topological polar surface area (TPSA) is 61.9 Å². The molecule has 0 saturated carbocycles. The largest absolute Gasteiger partial charge is 0.497 e. The lowest BCUT2D eigenvalue weighted by Crippen LogP contribution is -2.51. The molecule has 1 heterocycles. The van der Waals surface area contributed by atoms with Gasteiger partial charge in [0.25, 0.3) is 0 Å². The molecule has 126 valence electrons. The first kappa shape index (κ1) is 17.3. The summed E-state index contributed by atoms with van der Waals surface area (Å²) in [6.07, 6.45) is 0.403. The van der Waals surface area contributed by atoms with Crippen molar-refractivity contribution in [3.8, 4) is 5.75 Å². The second-order valence-corrected chi connectivity index (χ2v) is 5.64. The first-order chi connectivity index (χ1) is 11.1. The van der Waals surface area contributed by atoms with Gasteiger partial charge in [-0.05, 0) is 24.6 Å². The van der Waals surface area contributed by atoms with Crippen molar-refractivity contribution in [2.24, 2.45) is 0 Å². The minimum Gasteiger partial charge on any atom is -0.497 e. The predicted molar refractivity (Wildman–Crippen MR) is 88.4 cm³/mol. The van der Waals surface area contributed by atoms with Gasteiger partial charge in [-0.3, -0.25) is 14.5 Å². The summed E-state index contributed by atoms with van der Waals surface area (Å²) >= 11 is 0. The van der Waals surface area contributed by atoms with Crippen LogP contribution in [0.1, 0.15) is 12.5 Å². The Morgan fingerprint density at radius 2 is 1.78 bits per heavy atom. The Bertz CT molecular complexity index is 522. The summed E-state index contributed by atoms with van der Waals surface area (Å²) in [5.41, 5.74) is 0.987. The zero-order chi connectivity index (χ0) is 16.7. The number of ether oxygens (including phenoxy) is 1. The van der Waals surface area contributed by atoms with Crippen molar-refractivity contribution in [3.63, 3.8) is 0 Å². The smallest absolute Gasteiger partial charge is 0.234 e. The highest BCUT2D eigenvalue weighted by atomic mass is 16.5. The number of likely N-dealkylation sites (N-methyl/N-ethyl adjacent to an activating group) is 1. The van der Waals surface area contributed by atoms with Gasteiger partial charge in [0.05, 0.1) is 20.1 Å². The fraction of sp³-hybridized carbons (Fsp3) is 0.529. The van der Waals surface area contributed by atoms with Crippen molar-refractivity contribution in [2.75, 3.05) is 46.4 Å². The second kappa shape index (κ2) is 8.53. The van der Waals surface area contributed by atoms with E-state index in [4.69, 9.17) is 4.74 Å². The van der Waals surface area contributed by atoms with Crippen molar-refractivity contribution in [1.29, 1.82) is 0 Å². The van der Waals surface area contributed by atoms with Crippen molar-refractivity contribution < 1.29 is 14.3 Å². The molecule has 0 aliphatic carbocycles. The molecular formula is C17H25N3O3. The molecule has 6 heteroatoms. The Kier molecular flexibility index (Phi) is 6.40. The molecule has 0 bridgehead atoms.